The van der Waals surface area contributed by atoms with E-state index >= 15 is 0 Å². The lowest BCUT2D eigenvalue weighted by Crippen LogP contribution is -2.34. The second-order valence-corrected chi connectivity index (χ2v) is 5.97. The Morgan fingerprint density at radius 3 is 2.57 bits per heavy atom. The van der Waals surface area contributed by atoms with Gasteiger partial charge in [-0.3, -0.25) is 14.9 Å². The molecular weight excluding hydrogens is 365 g/mol. The first kappa shape index (κ1) is 19.6. The Balaban J connectivity index is 2.22. The Bertz CT molecular complexity index is 582. The van der Waals surface area contributed by atoms with Gasteiger partial charge in [0.25, 0.3) is 5.91 Å². The van der Waals surface area contributed by atoms with Gasteiger partial charge in [-0.2, -0.15) is 0 Å². The number of hydrogen-bond donors (Lipinski definition) is 1. The minimum absolute atomic E-state index is 0.0624. The summed E-state index contributed by atoms with van der Waals surface area (Å²) in [6.07, 6.45) is -0.873. The minimum Gasteiger partial charge on any atom is -0.455 e. The van der Waals surface area contributed by atoms with Crippen molar-refractivity contribution in [2.75, 3.05) is 19.0 Å². The third-order valence-electron chi connectivity index (χ3n) is 2.35. The van der Waals surface area contributed by atoms with E-state index in [4.69, 9.17) is 27.9 Å². The molecule has 0 aliphatic carbocycles. The molecule has 126 valence electrons. The number of thioether (sulfide) groups is 1. The number of imide groups is 1. The van der Waals surface area contributed by atoms with Crippen LogP contribution in [0.25, 0.3) is 0 Å². The van der Waals surface area contributed by atoms with E-state index in [2.05, 4.69) is 4.74 Å². The number of hydrogen-bond acceptors (Lipinski definition) is 6. The lowest BCUT2D eigenvalue weighted by Gasteiger charge is -2.06. The summed E-state index contributed by atoms with van der Waals surface area (Å²) in [5.41, 5.74) is 0.914. The number of ether oxygens (including phenoxy) is 2. The van der Waals surface area contributed by atoms with Crippen molar-refractivity contribution in [3.63, 3.8) is 0 Å². The summed E-state index contributed by atoms with van der Waals surface area (Å²) < 4.78 is 9.25. The maximum absolute atomic E-state index is 11.5. The van der Waals surface area contributed by atoms with Crippen molar-refractivity contribution < 1.29 is 23.9 Å². The van der Waals surface area contributed by atoms with Crippen LogP contribution >= 0.6 is 35.0 Å². The number of alkyl carbamates (subject to hydrolysis) is 1. The number of amides is 2. The molecule has 0 bridgehead atoms. The molecule has 0 aliphatic heterocycles. The van der Waals surface area contributed by atoms with Crippen LogP contribution in [0.4, 0.5) is 4.79 Å². The summed E-state index contributed by atoms with van der Waals surface area (Å²) in [7, 11) is 0. The minimum atomic E-state index is -0.873. The van der Waals surface area contributed by atoms with Gasteiger partial charge in [-0.1, -0.05) is 29.3 Å². The van der Waals surface area contributed by atoms with E-state index in [0.29, 0.717) is 15.8 Å². The number of benzene rings is 1. The van der Waals surface area contributed by atoms with Gasteiger partial charge in [0.05, 0.1) is 22.4 Å². The molecule has 0 saturated heterocycles. The van der Waals surface area contributed by atoms with Crippen LogP contribution in [0.1, 0.15) is 12.5 Å². The molecule has 0 heterocycles. The highest BCUT2D eigenvalue weighted by atomic mass is 35.5. The third kappa shape index (κ3) is 8.11. The Hall–Kier alpha value is -1.44. The van der Waals surface area contributed by atoms with Gasteiger partial charge >= 0.3 is 12.1 Å². The first-order chi connectivity index (χ1) is 10.9. The molecule has 0 fully saturated rings. The summed E-state index contributed by atoms with van der Waals surface area (Å²) in [5, 5.41) is 2.83. The van der Waals surface area contributed by atoms with Crippen LogP contribution in [0.15, 0.2) is 18.2 Å². The number of carbonyl (C=O) groups excluding carboxylic acids is 3. The molecule has 6 nitrogen and oxygen atoms in total. The van der Waals surface area contributed by atoms with Crippen molar-refractivity contribution in [3.05, 3.63) is 33.8 Å². The number of esters is 1. The average Bonchev–Trinajstić information content (AvgIpc) is 2.49. The molecule has 1 rings (SSSR count). The van der Waals surface area contributed by atoms with Crippen LogP contribution in [0.2, 0.25) is 10.0 Å². The lowest BCUT2D eigenvalue weighted by atomic mass is 10.2. The van der Waals surface area contributed by atoms with E-state index in [0.717, 1.165) is 5.56 Å². The standard InChI is InChI=1S/C14H15Cl2NO5S/c1-2-21-14(20)17-12(18)6-22-13(19)8-23-7-9-3-4-10(15)11(16)5-9/h3-5H,2,6-8H2,1H3,(H,17,18,20). The quantitative estimate of drug-likeness (QED) is 0.733. The predicted molar refractivity (Wildman–Crippen MR) is 88.7 cm³/mol. The second-order valence-electron chi connectivity index (χ2n) is 4.17. The van der Waals surface area contributed by atoms with E-state index in [9.17, 15) is 14.4 Å². The molecule has 0 unspecified atom stereocenters. The van der Waals surface area contributed by atoms with Crippen molar-refractivity contribution in [2.45, 2.75) is 12.7 Å². The Morgan fingerprint density at radius 1 is 1.17 bits per heavy atom. The Kier molecular flexibility index (Phi) is 8.83. The van der Waals surface area contributed by atoms with Crippen LogP contribution in [-0.4, -0.2) is 36.9 Å². The van der Waals surface area contributed by atoms with Gasteiger partial charge < -0.3 is 9.47 Å². The van der Waals surface area contributed by atoms with Gasteiger partial charge in [0.15, 0.2) is 6.61 Å². The van der Waals surface area contributed by atoms with E-state index < -0.39 is 24.6 Å². The van der Waals surface area contributed by atoms with E-state index in [1.54, 1.807) is 25.1 Å². The zero-order chi connectivity index (χ0) is 17.2. The summed E-state index contributed by atoms with van der Waals surface area (Å²) in [4.78, 5) is 33.7. The summed E-state index contributed by atoms with van der Waals surface area (Å²) in [6, 6.07) is 5.20. The molecule has 1 N–H and O–H groups in total. The van der Waals surface area contributed by atoms with Crippen LogP contribution in [0.3, 0.4) is 0 Å². The maximum Gasteiger partial charge on any atom is 0.413 e. The van der Waals surface area contributed by atoms with Crippen molar-refractivity contribution in [3.8, 4) is 0 Å². The maximum atomic E-state index is 11.5. The molecule has 0 radical (unpaired) electrons. The highest BCUT2D eigenvalue weighted by Crippen LogP contribution is 2.24. The molecule has 0 aromatic heterocycles. The normalized spacial score (nSPS) is 10.0. The van der Waals surface area contributed by atoms with Crippen molar-refractivity contribution >= 4 is 52.9 Å². The second kappa shape index (κ2) is 10.4. The van der Waals surface area contributed by atoms with Gasteiger partial charge in [-0.25, -0.2) is 4.79 Å². The molecule has 0 saturated carbocycles. The van der Waals surface area contributed by atoms with Gasteiger partial charge in [0.2, 0.25) is 0 Å². The molecule has 23 heavy (non-hydrogen) atoms. The monoisotopic (exact) mass is 379 g/mol. The van der Waals surface area contributed by atoms with Gasteiger partial charge in [-0.15, -0.1) is 11.8 Å². The summed E-state index contributed by atoms with van der Waals surface area (Å²) in [5.74, 6) is -0.700. The fourth-order valence-electron chi connectivity index (χ4n) is 1.39. The number of nitrogens with one attached hydrogen (secondary N) is 1. The fourth-order valence-corrected chi connectivity index (χ4v) is 2.47. The first-order valence-electron chi connectivity index (χ1n) is 6.56. The molecule has 0 aliphatic rings. The fraction of sp³-hybridized carbons (Fsp3) is 0.357. The zero-order valence-electron chi connectivity index (χ0n) is 12.3. The van der Waals surface area contributed by atoms with E-state index in [1.165, 1.54) is 11.8 Å². The number of carbonyl (C=O) groups is 3. The Labute approximate surface area is 147 Å². The highest BCUT2D eigenvalue weighted by molar-refractivity contribution is 7.99. The molecule has 1 aromatic rings. The van der Waals surface area contributed by atoms with E-state index in [-0.39, 0.29) is 12.4 Å². The molecular formula is C14H15Cl2NO5S. The number of rotatable bonds is 7. The van der Waals surface area contributed by atoms with Crippen molar-refractivity contribution in [1.29, 1.82) is 0 Å². The largest absolute Gasteiger partial charge is 0.455 e. The summed E-state index contributed by atoms with van der Waals surface area (Å²) >= 11 is 13.0. The predicted octanol–water partition coefficient (Wildman–Crippen LogP) is 3.04. The zero-order valence-corrected chi connectivity index (χ0v) is 14.6. The Morgan fingerprint density at radius 2 is 1.91 bits per heavy atom. The highest BCUT2D eigenvalue weighted by Gasteiger charge is 2.11. The van der Waals surface area contributed by atoms with Gasteiger partial charge in [-0.05, 0) is 24.6 Å². The van der Waals surface area contributed by atoms with Crippen molar-refractivity contribution in [2.24, 2.45) is 0 Å². The van der Waals surface area contributed by atoms with Gasteiger partial charge in [0, 0.05) is 5.75 Å². The molecule has 0 spiro atoms. The average molecular weight is 380 g/mol. The third-order valence-corrected chi connectivity index (χ3v) is 4.07. The first-order valence-corrected chi connectivity index (χ1v) is 8.47. The van der Waals surface area contributed by atoms with Crippen LogP contribution in [0, 0.1) is 0 Å². The lowest BCUT2D eigenvalue weighted by molar-refractivity contribution is -0.145. The van der Waals surface area contributed by atoms with Crippen LogP contribution in [0.5, 0.6) is 0 Å². The summed E-state index contributed by atoms with van der Waals surface area (Å²) in [6.45, 7) is 1.21. The molecule has 1 aromatic carbocycles. The smallest absolute Gasteiger partial charge is 0.413 e. The van der Waals surface area contributed by atoms with Crippen LogP contribution in [-0.2, 0) is 24.8 Å². The van der Waals surface area contributed by atoms with Crippen LogP contribution < -0.4 is 5.32 Å². The SMILES string of the molecule is CCOC(=O)NC(=O)COC(=O)CSCc1ccc(Cl)c(Cl)c1. The molecule has 0 atom stereocenters. The molecule has 9 heteroatoms. The topological polar surface area (TPSA) is 81.7 Å². The molecule has 2 amide bonds. The van der Waals surface area contributed by atoms with Gasteiger partial charge in [0.1, 0.15) is 0 Å². The van der Waals surface area contributed by atoms with E-state index in [1.807, 2.05) is 5.32 Å². The number of halogens is 2. The van der Waals surface area contributed by atoms with Crippen molar-refractivity contribution in [1.82, 2.24) is 5.32 Å².